The molecule has 86 valence electrons. The average molecular weight is 259 g/mol. The summed E-state index contributed by atoms with van der Waals surface area (Å²) in [7, 11) is 0. The topological polar surface area (TPSA) is 52.3 Å². The van der Waals surface area contributed by atoms with Gasteiger partial charge in [-0.15, -0.1) is 5.10 Å². The number of aromatic nitrogens is 4. The molecule has 0 spiro atoms. The summed E-state index contributed by atoms with van der Waals surface area (Å²) in [5.74, 6) is 0. The van der Waals surface area contributed by atoms with Crippen LogP contribution in [-0.4, -0.2) is 31.9 Å². The van der Waals surface area contributed by atoms with Crippen molar-refractivity contribution in [3.63, 3.8) is 0 Å². The smallest absolute Gasteiger partial charge is 0.320 e. The number of nitrogens with zero attached hydrogens (tertiary/aromatic N) is 4. The van der Waals surface area contributed by atoms with Gasteiger partial charge < -0.3 is 4.74 Å². The van der Waals surface area contributed by atoms with Crippen LogP contribution in [-0.2, 0) is 0 Å². The normalized spacial score (nSPS) is 11.3. The lowest BCUT2D eigenvalue weighted by Crippen LogP contribution is -2.09. The first-order valence-electron chi connectivity index (χ1n) is 4.73. The fourth-order valence-corrected chi connectivity index (χ4v) is 1.71. The molecule has 2 rings (SSSR count). The van der Waals surface area contributed by atoms with E-state index in [9.17, 15) is 0 Å². The molecule has 0 aliphatic heterocycles. The van der Waals surface area contributed by atoms with Gasteiger partial charge in [0, 0.05) is 0 Å². The van der Waals surface area contributed by atoms with Crippen LogP contribution in [0.5, 0.6) is 6.01 Å². The van der Waals surface area contributed by atoms with Crippen molar-refractivity contribution in [3.8, 4) is 6.01 Å². The van der Waals surface area contributed by atoms with Gasteiger partial charge in [-0.05, 0) is 20.1 Å². The van der Waals surface area contributed by atoms with E-state index >= 15 is 0 Å². The molecule has 0 radical (unpaired) electrons. The van der Waals surface area contributed by atoms with Crippen LogP contribution in [0.25, 0.3) is 5.52 Å². The number of halogens is 1. The Labute approximate surface area is 102 Å². The maximum Gasteiger partial charge on any atom is 0.320 e. The molecule has 0 aliphatic rings. The van der Waals surface area contributed by atoms with Crippen LogP contribution in [0.4, 0.5) is 0 Å². The Hall–Kier alpha value is -1.01. The van der Waals surface area contributed by atoms with E-state index in [1.807, 2.05) is 20.1 Å². The van der Waals surface area contributed by atoms with Crippen molar-refractivity contribution in [1.82, 2.24) is 19.6 Å². The van der Waals surface area contributed by atoms with Crippen molar-refractivity contribution < 1.29 is 4.74 Å². The first-order chi connectivity index (χ1) is 7.61. The van der Waals surface area contributed by atoms with Crippen molar-refractivity contribution in [2.24, 2.45) is 0 Å². The van der Waals surface area contributed by atoms with Gasteiger partial charge in [-0.25, -0.2) is 4.98 Å². The van der Waals surface area contributed by atoms with E-state index in [2.05, 4.69) is 15.1 Å². The minimum Gasteiger partial charge on any atom is -0.461 e. The highest BCUT2D eigenvalue weighted by Gasteiger charge is 2.13. The van der Waals surface area contributed by atoms with E-state index in [4.69, 9.17) is 16.3 Å². The van der Waals surface area contributed by atoms with Crippen molar-refractivity contribution >= 4 is 28.9 Å². The molecular formula is C9H11ClN4OS. The molecular weight excluding hydrogens is 248 g/mol. The Morgan fingerprint density at radius 2 is 2.25 bits per heavy atom. The lowest BCUT2D eigenvalue weighted by molar-refractivity contribution is 0.217. The van der Waals surface area contributed by atoms with Gasteiger partial charge in [-0.1, -0.05) is 23.4 Å². The van der Waals surface area contributed by atoms with Crippen LogP contribution in [0, 0.1) is 0 Å². The van der Waals surface area contributed by atoms with Crippen LogP contribution in [0.3, 0.4) is 0 Å². The molecule has 0 unspecified atom stereocenters. The molecule has 0 amide bonds. The molecule has 0 aliphatic carbocycles. The van der Waals surface area contributed by atoms with Gasteiger partial charge in [-0.2, -0.15) is 9.50 Å². The zero-order valence-corrected chi connectivity index (χ0v) is 10.7. The van der Waals surface area contributed by atoms with E-state index in [1.165, 1.54) is 11.8 Å². The number of hydrogen-bond donors (Lipinski definition) is 0. The molecule has 7 heteroatoms. The van der Waals surface area contributed by atoms with Gasteiger partial charge >= 0.3 is 6.01 Å². The monoisotopic (exact) mass is 258 g/mol. The molecule has 0 atom stereocenters. The molecule has 0 aromatic carbocycles. The lowest BCUT2D eigenvalue weighted by atomic mass is 10.5. The minimum atomic E-state index is 0.0226. The molecule has 16 heavy (non-hydrogen) atoms. The summed E-state index contributed by atoms with van der Waals surface area (Å²) in [5, 5.41) is 5.26. The van der Waals surface area contributed by atoms with Gasteiger partial charge in [0.1, 0.15) is 5.52 Å². The highest BCUT2D eigenvalue weighted by atomic mass is 35.5. The van der Waals surface area contributed by atoms with E-state index < -0.39 is 0 Å². The van der Waals surface area contributed by atoms with Crippen molar-refractivity contribution in [1.29, 1.82) is 0 Å². The van der Waals surface area contributed by atoms with Crippen molar-refractivity contribution in [2.45, 2.75) is 25.1 Å². The third kappa shape index (κ3) is 2.08. The zero-order chi connectivity index (χ0) is 11.7. The van der Waals surface area contributed by atoms with E-state index in [-0.39, 0.29) is 6.10 Å². The molecule has 0 fully saturated rings. The summed E-state index contributed by atoms with van der Waals surface area (Å²) in [4.78, 5) is 8.23. The quantitative estimate of drug-likeness (QED) is 0.791. The number of ether oxygens (including phenoxy) is 1. The van der Waals surface area contributed by atoms with Crippen LogP contribution in [0.1, 0.15) is 13.8 Å². The third-order valence-corrected chi connectivity index (χ3v) is 2.65. The van der Waals surface area contributed by atoms with Crippen molar-refractivity contribution in [2.75, 3.05) is 6.26 Å². The minimum absolute atomic E-state index is 0.0226. The second-order valence-corrected chi connectivity index (χ2v) is 4.53. The number of thioether (sulfide) groups is 1. The predicted octanol–water partition coefficient (Wildman–Crippen LogP) is 2.29. The summed E-state index contributed by atoms with van der Waals surface area (Å²) in [5.41, 5.74) is 0.648. The van der Waals surface area contributed by atoms with Crippen LogP contribution in [0.2, 0.25) is 5.15 Å². The van der Waals surface area contributed by atoms with Gasteiger partial charge in [0.05, 0.1) is 12.3 Å². The molecule has 0 saturated heterocycles. The third-order valence-electron chi connectivity index (χ3n) is 1.82. The molecule has 0 saturated carbocycles. The second-order valence-electron chi connectivity index (χ2n) is 3.39. The molecule has 2 aromatic heterocycles. The Morgan fingerprint density at radius 1 is 1.50 bits per heavy atom. The summed E-state index contributed by atoms with van der Waals surface area (Å²) < 4.78 is 7.09. The Kier molecular flexibility index (Phi) is 3.20. The number of fused-ring (bicyclic) bond motifs is 1. The highest BCUT2D eigenvalue weighted by Crippen LogP contribution is 2.23. The zero-order valence-electron chi connectivity index (χ0n) is 9.14. The van der Waals surface area contributed by atoms with E-state index in [0.29, 0.717) is 21.8 Å². The lowest BCUT2D eigenvalue weighted by Gasteiger charge is -2.06. The summed E-state index contributed by atoms with van der Waals surface area (Å²) in [6, 6.07) is 0.396. The standard InChI is InChI=1S/C9H11ClN4OS/c1-5(2)15-9-12-7(10)6-4-11-8(16-3)13-14(6)9/h4-5H,1-3H3. The van der Waals surface area contributed by atoms with Crippen molar-refractivity contribution in [3.05, 3.63) is 11.3 Å². The summed E-state index contributed by atoms with van der Waals surface area (Å²) in [6.07, 6.45) is 3.57. The number of imidazole rings is 1. The summed E-state index contributed by atoms with van der Waals surface area (Å²) in [6.45, 7) is 3.84. The Balaban J connectivity index is 2.56. The number of rotatable bonds is 3. The van der Waals surface area contributed by atoms with Crippen LogP contribution in [0.15, 0.2) is 11.4 Å². The Morgan fingerprint density at radius 3 is 2.88 bits per heavy atom. The van der Waals surface area contributed by atoms with Crippen LogP contribution < -0.4 is 4.74 Å². The first kappa shape index (κ1) is 11.5. The molecule has 2 aromatic rings. The molecule has 5 nitrogen and oxygen atoms in total. The van der Waals surface area contributed by atoms with E-state index in [1.54, 1.807) is 10.7 Å². The highest BCUT2D eigenvalue weighted by molar-refractivity contribution is 7.98. The Bertz CT molecular complexity index is 513. The van der Waals surface area contributed by atoms with Crippen LogP contribution >= 0.6 is 23.4 Å². The van der Waals surface area contributed by atoms with Gasteiger partial charge in [0.2, 0.25) is 5.16 Å². The fourth-order valence-electron chi connectivity index (χ4n) is 1.19. The summed E-state index contributed by atoms with van der Waals surface area (Å²) >= 11 is 7.41. The molecule has 0 bridgehead atoms. The fraction of sp³-hybridized carbons (Fsp3) is 0.444. The first-order valence-corrected chi connectivity index (χ1v) is 6.34. The van der Waals surface area contributed by atoms with Gasteiger partial charge in [0.15, 0.2) is 5.15 Å². The maximum atomic E-state index is 5.96. The molecule has 0 N–H and O–H groups in total. The molecule has 2 heterocycles. The van der Waals surface area contributed by atoms with Gasteiger partial charge in [0.25, 0.3) is 0 Å². The maximum absolute atomic E-state index is 5.96. The largest absolute Gasteiger partial charge is 0.461 e. The van der Waals surface area contributed by atoms with E-state index in [0.717, 1.165) is 0 Å². The average Bonchev–Trinajstić information content (AvgIpc) is 2.54. The van der Waals surface area contributed by atoms with Gasteiger partial charge in [-0.3, -0.25) is 0 Å². The predicted molar refractivity (Wildman–Crippen MR) is 63.3 cm³/mol. The number of hydrogen-bond acceptors (Lipinski definition) is 5. The second kappa shape index (κ2) is 4.47. The SMILES string of the molecule is CSc1ncc2c(Cl)nc(OC(C)C)n2n1.